The lowest BCUT2D eigenvalue weighted by Gasteiger charge is -2.15. The fourth-order valence-corrected chi connectivity index (χ4v) is 2.40. The molecule has 0 amide bonds. The molecule has 0 aromatic heterocycles. The molecule has 2 aromatic carbocycles. The summed E-state index contributed by atoms with van der Waals surface area (Å²) in [7, 11) is 0. The third-order valence-electron chi connectivity index (χ3n) is 2.89. The molecule has 2 aromatic rings. The third kappa shape index (κ3) is 2.76. The van der Waals surface area contributed by atoms with E-state index in [2.05, 4.69) is 28.9 Å². The van der Waals surface area contributed by atoms with Crippen molar-refractivity contribution in [2.24, 2.45) is 0 Å². The second-order valence-electron chi connectivity index (χ2n) is 4.01. The van der Waals surface area contributed by atoms with E-state index in [1.165, 1.54) is 5.56 Å². The first-order valence-corrected chi connectivity index (χ1v) is 6.53. The standard InChI is InChI=1S/C15H15BrO/c1-2-11-6-3-4-9-14(11)15(17)12-7-5-8-13(16)10-12/h3-10,15,17H,2H2,1H3/t15-/m0/s1. The van der Waals surface area contributed by atoms with Crippen molar-refractivity contribution in [1.29, 1.82) is 0 Å². The Balaban J connectivity index is 2.40. The summed E-state index contributed by atoms with van der Waals surface area (Å²) in [5, 5.41) is 10.4. The summed E-state index contributed by atoms with van der Waals surface area (Å²) < 4.78 is 0.989. The van der Waals surface area contributed by atoms with E-state index in [0.29, 0.717) is 0 Å². The minimum atomic E-state index is -0.552. The largest absolute Gasteiger partial charge is 0.384 e. The van der Waals surface area contributed by atoms with E-state index in [4.69, 9.17) is 0 Å². The molecule has 0 heterocycles. The van der Waals surface area contributed by atoms with Gasteiger partial charge < -0.3 is 5.11 Å². The average molecular weight is 291 g/mol. The highest BCUT2D eigenvalue weighted by Crippen LogP contribution is 2.26. The quantitative estimate of drug-likeness (QED) is 0.903. The van der Waals surface area contributed by atoms with Crippen LogP contribution in [0, 0.1) is 0 Å². The molecule has 2 rings (SSSR count). The summed E-state index contributed by atoms with van der Waals surface area (Å²) in [5.41, 5.74) is 3.10. The van der Waals surface area contributed by atoms with Gasteiger partial charge in [-0.3, -0.25) is 0 Å². The van der Waals surface area contributed by atoms with Gasteiger partial charge >= 0.3 is 0 Å². The lowest BCUT2D eigenvalue weighted by Crippen LogP contribution is -2.03. The maximum Gasteiger partial charge on any atom is 0.104 e. The van der Waals surface area contributed by atoms with Gasteiger partial charge in [0.15, 0.2) is 0 Å². The molecule has 17 heavy (non-hydrogen) atoms. The summed E-state index contributed by atoms with van der Waals surface area (Å²) >= 11 is 3.43. The van der Waals surface area contributed by atoms with Crippen LogP contribution in [0.5, 0.6) is 0 Å². The smallest absolute Gasteiger partial charge is 0.104 e. The van der Waals surface area contributed by atoms with E-state index in [-0.39, 0.29) is 0 Å². The van der Waals surface area contributed by atoms with Crippen LogP contribution < -0.4 is 0 Å². The maximum atomic E-state index is 10.4. The van der Waals surface area contributed by atoms with Gasteiger partial charge in [-0.25, -0.2) is 0 Å². The summed E-state index contributed by atoms with van der Waals surface area (Å²) in [4.78, 5) is 0. The number of hydrogen-bond donors (Lipinski definition) is 1. The molecule has 0 saturated carbocycles. The number of rotatable bonds is 3. The zero-order valence-corrected chi connectivity index (χ0v) is 11.3. The molecule has 0 bridgehead atoms. The molecule has 2 heteroatoms. The van der Waals surface area contributed by atoms with E-state index in [1.54, 1.807) is 0 Å². The van der Waals surface area contributed by atoms with Crippen LogP contribution in [-0.2, 0) is 6.42 Å². The molecule has 1 atom stereocenters. The Bertz CT molecular complexity index is 508. The van der Waals surface area contributed by atoms with Crippen molar-refractivity contribution < 1.29 is 5.11 Å². The van der Waals surface area contributed by atoms with Gasteiger partial charge in [0.1, 0.15) is 6.10 Å². The highest BCUT2D eigenvalue weighted by atomic mass is 79.9. The molecule has 1 nitrogen and oxygen atoms in total. The van der Waals surface area contributed by atoms with Gasteiger partial charge in [-0.2, -0.15) is 0 Å². The summed E-state index contributed by atoms with van der Waals surface area (Å²) in [5.74, 6) is 0. The Morgan fingerprint density at radius 3 is 2.59 bits per heavy atom. The monoisotopic (exact) mass is 290 g/mol. The van der Waals surface area contributed by atoms with Crippen molar-refractivity contribution >= 4 is 15.9 Å². The van der Waals surface area contributed by atoms with Gasteiger partial charge in [0, 0.05) is 4.47 Å². The molecule has 0 aliphatic rings. The molecular formula is C15H15BrO. The predicted octanol–water partition coefficient (Wildman–Crippen LogP) is 4.09. The fourth-order valence-electron chi connectivity index (χ4n) is 1.98. The predicted molar refractivity (Wildman–Crippen MR) is 74.0 cm³/mol. The van der Waals surface area contributed by atoms with Crippen LogP contribution in [0.15, 0.2) is 53.0 Å². The molecule has 88 valence electrons. The molecule has 0 fully saturated rings. The summed E-state index contributed by atoms with van der Waals surface area (Å²) in [6.07, 6.45) is 0.380. The van der Waals surface area contributed by atoms with Crippen LogP contribution in [0.1, 0.15) is 29.7 Å². The number of aliphatic hydroxyl groups is 1. The van der Waals surface area contributed by atoms with Gasteiger partial charge in [-0.05, 0) is 35.2 Å². The molecule has 0 radical (unpaired) electrons. The van der Waals surface area contributed by atoms with Crippen LogP contribution in [-0.4, -0.2) is 5.11 Å². The minimum Gasteiger partial charge on any atom is -0.384 e. The second-order valence-corrected chi connectivity index (χ2v) is 4.93. The van der Waals surface area contributed by atoms with E-state index in [0.717, 1.165) is 22.0 Å². The van der Waals surface area contributed by atoms with Crippen molar-refractivity contribution in [2.75, 3.05) is 0 Å². The first kappa shape index (κ1) is 12.3. The molecule has 0 unspecified atom stereocenters. The van der Waals surface area contributed by atoms with E-state index in [1.807, 2.05) is 42.5 Å². The van der Waals surface area contributed by atoms with Gasteiger partial charge in [0.25, 0.3) is 0 Å². The normalized spacial score (nSPS) is 12.4. The molecule has 0 aliphatic heterocycles. The van der Waals surface area contributed by atoms with Crippen molar-refractivity contribution in [3.8, 4) is 0 Å². The molecular weight excluding hydrogens is 276 g/mol. The number of hydrogen-bond acceptors (Lipinski definition) is 1. The Labute approximate surface area is 110 Å². The van der Waals surface area contributed by atoms with Crippen molar-refractivity contribution in [2.45, 2.75) is 19.4 Å². The van der Waals surface area contributed by atoms with Crippen LogP contribution in [0.4, 0.5) is 0 Å². The summed E-state index contributed by atoms with van der Waals surface area (Å²) in [6, 6.07) is 15.8. The van der Waals surface area contributed by atoms with Crippen molar-refractivity contribution in [3.63, 3.8) is 0 Å². The number of halogens is 1. The highest BCUT2D eigenvalue weighted by Gasteiger charge is 2.13. The van der Waals surface area contributed by atoms with Crippen LogP contribution in [0.2, 0.25) is 0 Å². The average Bonchev–Trinajstić information content (AvgIpc) is 2.38. The minimum absolute atomic E-state index is 0.552. The van der Waals surface area contributed by atoms with Crippen molar-refractivity contribution in [3.05, 3.63) is 69.7 Å². The highest BCUT2D eigenvalue weighted by molar-refractivity contribution is 9.10. The Kier molecular flexibility index (Phi) is 3.97. The van der Waals surface area contributed by atoms with Crippen LogP contribution in [0.3, 0.4) is 0 Å². The van der Waals surface area contributed by atoms with E-state index in [9.17, 15) is 5.11 Å². The number of benzene rings is 2. The van der Waals surface area contributed by atoms with Gasteiger partial charge in [-0.15, -0.1) is 0 Å². The Morgan fingerprint density at radius 2 is 1.88 bits per heavy atom. The zero-order valence-electron chi connectivity index (χ0n) is 9.73. The maximum absolute atomic E-state index is 10.4. The second kappa shape index (κ2) is 5.48. The van der Waals surface area contributed by atoms with Crippen LogP contribution >= 0.6 is 15.9 Å². The lowest BCUT2D eigenvalue weighted by atomic mass is 9.96. The Morgan fingerprint density at radius 1 is 1.12 bits per heavy atom. The van der Waals surface area contributed by atoms with E-state index < -0.39 is 6.10 Å². The Hall–Kier alpha value is -1.12. The lowest BCUT2D eigenvalue weighted by molar-refractivity contribution is 0.219. The molecule has 0 spiro atoms. The van der Waals surface area contributed by atoms with E-state index >= 15 is 0 Å². The zero-order chi connectivity index (χ0) is 12.3. The number of aryl methyl sites for hydroxylation is 1. The van der Waals surface area contributed by atoms with Gasteiger partial charge in [-0.1, -0.05) is 59.3 Å². The van der Waals surface area contributed by atoms with Crippen LogP contribution in [0.25, 0.3) is 0 Å². The number of aliphatic hydroxyl groups excluding tert-OH is 1. The molecule has 1 N–H and O–H groups in total. The topological polar surface area (TPSA) is 20.2 Å². The van der Waals surface area contributed by atoms with Gasteiger partial charge in [0.2, 0.25) is 0 Å². The van der Waals surface area contributed by atoms with Crippen molar-refractivity contribution in [1.82, 2.24) is 0 Å². The third-order valence-corrected chi connectivity index (χ3v) is 3.39. The fraction of sp³-hybridized carbons (Fsp3) is 0.200. The molecule has 0 aliphatic carbocycles. The summed E-state index contributed by atoms with van der Waals surface area (Å²) in [6.45, 7) is 2.10. The SMILES string of the molecule is CCc1ccccc1[C@@H](O)c1cccc(Br)c1. The first-order chi connectivity index (χ1) is 8.22. The first-order valence-electron chi connectivity index (χ1n) is 5.73. The molecule has 0 saturated heterocycles. The van der Waals surface area contributed by atoms with Gasteiger partial charge in [0.05, 0.1) is 0 Å².